The highest BCUT2D eigenvalue weighted by atomic mass is 32.2. The van der Waals surface area contributed by atoms with Crippen LogP contribution in [0.25, 0.3) is 0 Å². The van der Waals surface area contributed by atoms with Crippen molar-refractivity contribution in [3.63, 3.8) is 0 Å². The lowest BCUT2D eigenvalue weighted by molar-refractivity contribution is 0.422. The number of rotatable bonds is 4. The van der Waals surface area contributed by atoms with Gasteiger partial charge in [0, 0.05) is 11.8 Å². The minimum atomic E-state index is -3.66. The second-order valence-electron chi connectivity index (χ2n) is 10.3. The maximum atomic E-state index is 12.9. The van der Waals surface area contributed by atoms with Crippen LogP contribution in [0.15, 0.2) is 23.1 Å². The predicted molar refractivity (Wildman–Crippen MR) is 119 cm³/mol. The molecule has 160 valence electrons. The summed E-state index contributed by atoms with van der Waals surface area (Å²) in [6.45, 7) is 12.1. The number of hydrogen-bond acceptors (Lipinski definition) is 4. The molecule has 1 atom stereocenters. The molecule has 0 heterocycles. The molecule has 0 aliphatic heterocycles. The summed E-state index contributed by atoms with van der Waals surface area (Å²) in [5, 5.41) is 20.8. The molecular formula is C24H35NO3S. The van der Waals surface area contributed by atoms with Crippen LogP contribution >= 0.6 is 0 Å². The molecule has 0 saturated heterocycles. The smallest absolute Gasteiger partial charge is 0.188 e. The largest absolute Gasteiger partial charge is 0.507 e. The summed E-state index contributed by atoms with van der Waals surface area (Å²) < 4.78 is 25.8. The first kappa shape index (κ1) is 23.5. The van der Waals surface area contributed by atoms with Crippen LogP contribution in [0.3, 0.4) is 0 Å². The average molecular weight is 418 g/mol. The second-order valence-corrected chi connectivity index (χ2v) is 12.3. The standard InChI is InChI=1S/C24H35NO3S/c1-23(2,3)20-13-18(14-21(22(20)26)24(4,5)6)12-19(15-25)29(27,28)16-17-10-8-7-9-11-17/h13-14,16,19,26H,7-12H2,1-6H3. The number of hydrogen-bond donors (Lipinski definition) is 1. The van der Waals surface area contributed by atoms with Gasteiger partial charge in [-0.2, -0.15) is 5.26 Å². The quantitative estimate of drug-likeness (QED) is 0.683. The SMILES string of the molecule is CC(C)(C)c1cc(CC(C#N)S(=O)(=O)C=C2CCCCC2)cc(C(C)(C)C)c1O. The lowest BCUT2D eigenvalue weighted by Gasteiger charge is -2.28. The van der Waals surface area contributed by atoms with Crippen molar-refractivity contribution < 1.29 is 13.5 Å². The van der Waals surface area contributed by atoms with Gasteiger partial charge in [0.2, 0.25) is 0 Å². The molecule has 1 aliphatic carbocycles. The van der Waals surface area contributed by atoms with E-state index in [2.05, 4.69) is 0 Å². The number of nitrogens with zero attached hydrogens (tertiary/aromatic N) is 1. The van der Waals surface area contributed by atoms with Crippen molar-refractivity contribution in [3.05, 3.63) is 39.8 Å². The fraction of sp³-hybridized carbons (Fsp3) is 0.625. The molecule has 1 saturated carbocycles. The van der Waals surface area contributed by atoms with Crippen LogP contribution in [-0.4, -0.2) is 18.8 Å². The topological polar surface area (TPSA) is 78.2 Å². The van der Waals surface area contributed by atoms with Gasteiger partial charge >= 0.3 is 0 Å². The predicted octanol–water partition coefficient (Wildman–Crippen LogP) is 5.68. The minimum Gasteiger partial charge on any atom is -0.507 e. The molecule has 0 amide bonds. The number of benzene rings is 1. The van der Waals surface area contributed by atoms with Crippen LogP contribution in [0.4, 0.5) is 0 Å². The zero-order valence-corrected chi connectivity index (χ0v) is 19.5. The van der Waals surface area contributed by atoms with Crippen LogP contribution < -0.4 is 0 Å². The summed E-state index contributed by atoms with van der Waals surface area (Å²) in [5.41, 5.74) is 2.66. The van der Waals surface area contributed by atoms with E-state index in [0.717, 1.165) is 54.4 Å². The van der Waals surface area contributed by atoms with E-state index in [0.29, 0.717) is 0 Å². The molecule has 4 nitrogen and oxygen atoms in total. The van der Waals surface area contributed by atoms with Gasteiger partial charge in [-0.25, -0.2) is 8.42 Å². The molecular weight excluding hydrogens is 382 g/mol. The van der Waals surface area contributed by atoms with E-state index in [1.54, 1.807) is 0 Å². The molecule has 1 aliphatic rings. The Labute approximate surface area is 176 Å². The summed E-state index contributed by atoms with van der Waals surface area (Å²) in [6.07, 6.45) is 4.89. The Hall–Kier alpha value is -1.80. The van der Waals surface area contributed by atoms with Crippen molar-refractivity contribution in [1.29, 1.82) is 5.26 Å². The molecule has 1 unspecified atom stereocenters. The first-order valence-corrected chi connectivity index (χ1v) is 12.1. The third kappa shape index (κ3) is 5.85. The highest BCUT2D eigenvalue weighted by Gasteiger charge is 2.29. The summed E-state index contributed by atoms with van der Waals surface area (Å²) in [5.74, 6) is 0.259. The lowest BCUT2D eigenvalue weighted by atomic mass is 9.78. The molecule has 5 heteroatoms. The van der Waals surface area contributed by atoms with E-state index < -0.39 is 15.1 Å². The fourth-order valence-corrected chi connectivity index (χ4v) is 5.28. The number of allylic oxidation sites excluding steroid dienone is 1. The van der Waals surface area contributed by atoms with Gasteiger partial charge in [-0.05, 0) is 53.2 Å². The highest BCUT2D eigenvalue weighted by molar-refractivity contribution is 7.95. The van der Waals surface area contributed by atoms with E-state index in [4.69, 9.17) is 0 Å². The highest BCUT2D eigenvalue weighted by Crippen LogP contribution is 2.40. The summed E-state index contributed by atoms with van der Waals surface area (Å²) in [4.78, 5) is 0. The van der Waals surface area contributed by atoms with Crippen LogP contribution in [0.1, 0.15) is 90.3 Å². The van der Waals surface area contributed by atoms with Crippen molar-refractivity contribution in [3.8, 4) is 11.8 Å². The Kier molecular flexibility index (Phi) is 6.89. The number of phenolic OH excluding ortho intramolecular Hbond substituents is 1. The Balaban J connectivity index is 2.47. The van der Waals surface area contributed by atoms with E-state index in [1.807, 2.05) is 59.7 Å². The zero-order chi connectivity index (χ0) is 22.0. The first-order valence-electron chi connectivity index (χ1n) is 10.5. The molecule has 0 aromatic heterocycles. The van der Waals surface area contributed by atoms with Crippen molar-refractivity contribution >= 4 is 9.84 Å². The van der Waals surface area contributed by atoms with Crippen LogP contribution in [0.2, 0.25) is 0 Å². The lowest BCUT2D eigenvalue weighted by Crippen LogP contribution is -2.23. The van der Waals surface area contributed by atoms with Gasteiger partial charge in [-0.1, -0.05) is 65.7 Å². The van der Waals surface area contributed by atoms with Gasteiger partial charge in [0.05, 0.1) is 6.07 Å². The van der Waals surface area contributed by atoms with Crippen molar-refractivity contribution in [2.24, 2.45) is 0 Å². The molecule has 0 radical (unpaired) electrons. The van der Waals surface area contributed by atoms with Gasteiger partial charge in [-0.15, -0.1) is 0 Å². The number of sulfone groups is 1. The van der Waals surface area contributed by atoms with Crippen molar-refractivity contribution in [2.45, 2.75) is 96.1 Å². The molecule has 29 heavy (non-hydrogen) atoms. The van der Waals surface area contributed by atoms with E-state index in [-0.39, 0.29) is 23.0 Å². The molecule has 1 N–H and O–H groups in total. The van der Waals surface area contributed by atoms with Gasteiger partial charge in [0.25, 0.3) is 0 Å². The van der Waals surface area contributed by atoms with Crippen LogP contribution in [0.5, 0.6) is 5.75 Å². The first-order chi connectivity index (χ1) is 13.3. The number of aromatic hydroxyl groups is 1. The molecule has 0 spiro atoms. The Bertz CT molecular complexity index is 879. The van der Waals surface area contributed by atoms with Gasteiger partial charge < -0.3 is 5.11 Å². The van der Waals surface area contributed by atoms with E-state index in [9.17, 15) is 18.8 Å². The van der Waals surface area contributed by atoms with Gasteiger partial charge in [0.15, 0.2) is 15.1 Å². The van der Waals surface area contributed by atoms with Crippen LogP contribution in [-0.2, 0) is 27.1 Å². The molecule has 1 fully saturated rings. The number of phenols is 1. The van der Waals surface area contributed by atoms with E-state index >= 15 is 0 Å². The molecule has 0 bridgehead atoms. The van der Waals surface area contributed by atoms with Crippen molar-refractivity contribution in [2.75, 3.05) is 0 Å². The fourth-order valence-electron chi connectivity index (χ4n) is 3.84. The maximum absolute atomic E-state index is 12.9. The molecule has 1 aromatic rings. The minimum absolute atomic E-state index is 0.120. The Morgan fingerprint density at radius 2 is 1.52 bits per heavy atom. The van der Waals surface area contributed by atoms with Gasteiger partial charge in [0.1, 0.15) is 5.75 Å². The maximum Gasteiger partial charge on any atom is 0.188 e. The van der Waals surface area contributed by atoms with Crippen LogP contribution in [0, 0.1) is 11.3 Å². The van der Waals surface area contributed by atoms with Crippen molar-refractivity contribution in [1.82, 2.24) is 0 Å². The molecule has 2 rings (SSSR count). The third-order valence-electron chi connectivity index (χ3n) is 5.57. The third-order valence-corrected chi connectivity index (χ3v) is 7.30. The molecule has 1 aromatic carbocycles. The number of nitriles is 1. The Morgan fingerprint density at radius 3 is 1.93 bits per heavy atom. The average Bonchev–Trinajstić information content (AvgIpc) is 2.59. The second kappa shape index (κ2) is 8.52. The monoisotopic (exact) mass is 417 g/mol. The normalized spacial score (nSPS) is 16.9. The van der Waals surface area contributed by atoms with Gasteiger partial charge in [-0.3, -0.25) is 0 Å². The Morgan fingerprint density at radius 1 is 1.03 bits per heavy atom. The summed E-state index contributed by atoms with van der Waals surface area (Å²) in [7, 11) is -3.66. The zero-order valence-electron chi connectivity index (χ0n) is 18.7. The van der Waals surface area contributed by atoms with E-state index in [1.165, 1.54) is 5.41 Å². The summed E-state index contributed by atoms with van der Waals surface area (Å²) in [6, 6.07) is 5.73. The summed E-state index contributed by atoms with van der Waals surface area (Å²) >= 11 is 0.